The first-order valence-electron chi connectivity index (χ1n) is 5.16. The van der Waals surface area contributed by atoms with Crippen LogP contribution in [0.3, 0.4) is 0 Å². The Labute approximate surface area is 84.1 Å². The van der Waals surface area contributed by atoms with Crippen molar-refractivity contribution < 1.29 is 14.3 Å². The summed E-state index contributed by atoms with van der Waals surface area (Å²) in [6.07, 6.45) is 5.27. The number of esters is 2. The summed E-state index contributed by atoms with van der Waals surface area (Å²) >= 11 is 0. The Hall–Kier alpha value is -1.12. The molecule has 1 heterocycles. The van der Waals surface area contributed by atoms with Gasteiger partial charge in [0.2, 0.25) is 0 Å². The van der Waals surface area contributed by atoms with Crippen molar-refractivity contribution in [2.45, 2.75) is 39.5 Å². The second kappa shape index (κ2) is 4.94. The molecule has 1 rings (SSSR count). The second-order valence-electron chi connectivity index (χ2n) is 3.47. The van der Waals surface area contributed by atoms with E-state index >= 15 is 0 Å². The molecule has 1 saturated heterocycles. The molecule has 3 heteroatoms. The van der Waals surface area contributed by atoms with E-state index in [4.69, 9.17) is 0 Å². The van der Waals surface area contributed by atoms with Crippen LogP contribution in [0, 0.1) is 5.92 Å². The number of unbranched alkanes of at least 4 members (excludes halogenated alkanes) is 1. The minimum atomic E-state index is -0.446. The zero-order valence-electron chi connectivity index (χ0n) is 8.71. The van der Waals surface area contributed by atoms with E-state index in [1.807, 2.05) is 6.92 Å². The minimum absolute atomic E-state index is 0.303. The maximum Gasteiger partial charge on any atom is 0.342 e. The van der Waals surface area contributed by atoms with Crippen LogP contribution in [-0.2, 0) is 14.3 Å². The molecule has 78 valence electrons. The van der Waals surface area contributed by atoms with Crippen LogP contribution in [0.15, 0.2) is 11.6 Å². The van der Waals surface area contributed by atoms with Gasteiger partial charge in [-0.3, -0.25) is 4.79 Å². The highest BCUT2D eigenvalue weighted by Crippen LogP contribution is 2.27. The van der Waals surface area contributed by atoms with Crippen LogP contribution < -0.4 is 0 Å². The number of allylic oxidation sites excluding steroid dienone is 1. The fourth-order valence-corrected chi connectivity index (χ4v) is 1.62. The highest BCUT2D eigenvalue weighted by atomic mass is 16.6. The van der Waals surface area contributed by atoms with Crippen molar-refractivity contribution >= 4 is 11.9 Å². The van der Waals surface area contributed by atoms with Crippen molar-refractivity contribution in [3.8, 4) is 0 Å². The number of carbonyl (C=O) groups is 2. The highest BCUT2D eigenvalue weighted by molar-refractivity contribution is 6.07. The van der Waals surface area contributed by atoms with Crippen molar-refractivity contribution in [2.75, 3.05) is 0 Å². The molecule has 0 amide bonds. The van der Waals surface area contributed by atoms with Gasteiger partial charge in [0.1, 0.15) is 0 Å². The van der Waals surface area contributed by atoms with E-state index in [9.17, 15) is 9.59 Å². The molecule has 0 spiro atoms. The van der Waals surface area contributed by atoms with Crippen molar-refractivity contribution in [1.82, 2.24) is 0 Å². The fourth-order valence-electron chi connectivity index (χ4n) is 1.62. The normalized spacial score (nSPS) is 24.4. The largest absolute Gasteiger partial charge is 0.389 e. The molecule has 0 radical (unpaired) electrons. The molecule has 14 heavy (non-hydrogen) atoms. The molecular formula is C11H16O3. The Kier molecular flexibility index (Phi) is 3.86. The van der Waals surface area contributed by atoms with Crippen molar-refractivity contribution in [1.29, 1.82) is 0 Å². The van der Waals surface area contributed by atoms with Crippen molar-refractivity contribution in [2.24, 2.45) is 5.92 Å². The predicted molar refractivity (Wildman–Crippen MR) is 52.5 cm³/mol. The smallest absolute Gasteiger partial charge is 0.342 e. The zero-order valence-corrected chi connectivity index (χ0v) is 8.71. The summed E-state index contributed by atoms with van der Waals surface area (Å²) in [7, 11) is 0. The summed E-state index contributed by atoms with van der Waals surface area (Å²) < 4.78 is 4.59. The van der Waals surface area contributed by atoms with E-state index in [1.165, 1.54) is 0 Å². The summed E-state index contributed by atoms with van der Waals surface area (Å²) in [5.74, 6) is -1.12. The Morgan fingerprint density at radius 3 is 2.64 bits per heavy atom. The number of hydrogen-bond acceptors (Lipinski definition) is 3. The summed E-state index contributed by atoms with van der Waals surface area (Å²) in [5, 5.41) is 0. The van der Waals surface area contributed by atoms with Crippen LogP contribution in [0.4, 0.5) is 0 Å². The molecule has 0 saturated carbocycles. The van der Waals surface area contributed by atoms with E-state index in [0.717, 1.165) is 25.7 Å². The van der Waals surface area contributed by atoms with Crippen LogP contribution in [0.5, 0.6) is 0 Å². The van der Waals surface area contributed by atoms with Gasteiger partial charge in [0, 0.05) is 5.57 Å². The number of rotatable bonds is 4. The lowest BCUT2D eigenvalue weighted by atomic mass is 9.95. The lowest BCUT2D eigenvalue weighted by molar-refractivity contribution is -0.152. The molecular weight excluding hydrogens is 180 g/mol. The first kappa shape index (κ1) is 11.0. The van der Waals surface area contributed by atoms with Gasteiger partial charge in [0.05, 0.1) is 5.92 Å². The molecule has 3 nitrogen and oxygen atoms in total. The van der Waals surface area contributed by atoms with Crippen molar-refractivity contribution in [3.63, 3.8) is 0 Å². The predicted octanol–water partition coefficient (Wildman–Crippen LogP) is 2.21. The van der Waals surface area contributed by atoms with Gasteiger partial charge >= 0.3 is 11.9 Å². The SMILES string of the molecule is CCC=C1C(=O)OC(=O)C1CCCC. The average molecular weight is 196 g/mol. The molecule has 1 aliphatic heterocycles. The number of ether oxygens (including phenoxy) is 1. The lowest BCUT2D eigenvalue weighted by Gasteiger charge is -2.04. The third-order valence-corrected chi connectivity index (χ3v) is 2.36. The van der Waals surface area contributed by atoms with Gasteiger partial charge in [0.25, 0.3) is 0 Å². The molecule has 0 aromatic carbocycles. The van der Waals surface area contributed by atoms with E-state index < -0.39 is 5.97 Å². The van der Waals surface area contributed by atoms with Crippen LogP contribution in [0.2, 0.25) is 0 Å². The topological polar surface area (TPSA) is 43.4 Å². The summed E-state index contributed by atoms with van der Waals surface area (Å²) in [5.41, 5.74) is 0.561. The van der Waals surface area contributed by atoms with Gasteiger partial charge in [-0.05, 0) is 12.8 Å². The molecule has 1 unspecified atom stereocenters. The maximum absolute atomic E-state index is 11.3. The Morgan fingerprint density at radius 1 is 1.36 bits per heavy atom. The number of cyclic esters (lactones) is 2. The molecule has 0 aliphatic carbocycles. The van der Waals surface area contributed by atoms with Gasteiger partial charge in [-0.1, -0.05) is 32.8 Å². The molecule has 0 aromatic rings. The molecule has 0 N–H and O–H groups in total. The molecule has 1 aliphatic rings. The zero-order chi connectivity index (χ0) is 10.6. The lowest BCUT2D eigenvalue weighted by Crippen LogP contribution is -2.08. The molecule has 0 bridgehead atoms. The fraction of sp³-hybridized carbons (Fsp3) is 0.636. The number of hydrogen-bond donors (Lipinski definition) is 0. The van der Waals surface area contributed by atoms with E-state index in [-0.39, 0.29) is 11.9 Å². The minimum Gasteiger partial charge on any atom is -0.389 e. The first-order valence-corrected chi connectivity index (χ1v) is 5.16. The average Bonchev–Trinajstić information content (AvgIpc) is 2.40. The van der Waals surface area contributed by atoms with Gasteiger partial charge in [-0.25, -0.2) is 4.79 Å². The third kappa shape index (κ3) is 2.22. The number of carbonyl (C=O) groups excluding carboxylic acids is 2. The summed E-state index contributed by atoms with van der Waals surface area (Å²) in [6, 6.07) is 0. The van der Waals surface area contributed by atoms with E-state index in [1.54, 1.807) is 6.08 Å². The van der Waals surface area contributed by atoms with Gasteiger partial charge in [-0.2, -0.15) is 0 Å². The first-order chi connectivity index (χ1) is 6.70. The quantitative estimate of drug-likeness (QED) is 0.393. The maximum atomic E-state index is 11.3. The Morgan fingerprint density at radius 2 is 2.07 bits per heavy atom. The Balaban J connectivity index is 2.73. The van der Waals surface area contributed by atoms with Gasteiger partial charge < -0.3 is 4.74 Å². The van der Waals surface area contributed by atoms with Crippen LogP contribution in [0.25, 0.3) is 0 Å². The van der Waals surface area contributed by atoms with Crippen LogP contribution in [0.1, 0.15) is 39.5 Å². The Bertz CT molecular complexity index is 266. The summed E-state index contributed by atoms with van der Waals surface area (Å²) in [4.78, 5) is 22.5. The molecule has 0 aromatic heterocycles. The van der Waals surface area contributed by atoms with Crippen molar-refractivity contribution in [3.05, 3.63) is 11.6 Å². The molecule has 1 fully saturated rings. The highest BCUT2D eigenvalue weighted by Gasteiger charge is 2.37. The van der Waals surface area contributed by atoms with Gasteiger partial charge in [0.15, 0.2) is 0 Å². The molecule has 1 atom stereocenters. The second-order valence-corrected chi connectivity index (χ2v) is 3.47. The summed E-state index contributed by atoms with van der Waals surface area (Å²) in [6.45, 7) is 4.01. The standard InChI is InChI=1S/C11H16O3/c1-3-5-7-9-8(6-4-2)10(12)14-11(9)13/h6,9H,3-5,7H2,1-2H3. The third-order valence-electron chi connectivity index (χ3n) is 2.36. The van der Waals surface area contributed by atoms with Crippen LogP contribution >= 0.6 is 0 Å². The van der Waals surface area contributed by atoms with Gasteiger partial charge in [-0.15, -0.1) is 0 Å². The van der Waals surface area contributed by atoms with E-state index in [2.05, 4.69) is 11.7 Å². The monoisotopic (exact) mass is 196 g/mol. The van der Waals surface area contributed by atoms with E-state index in [0.29, 0.717) is 5.57 Å². The van der Waals surface area contributed by atoms with Crippen LogP contribution in [-0.4, -0.2) is 11.9 Å².